The third-order valence-electron chi connectivity index (χ3n) is 3.64. The summed E-state index contributed by atoms with van der Waals surface area (Å²) >= 11 is 0. The number of rotatable bonds is 8. The summed E-state index contributed by atoms with van der Waals surface area (Å²) in [5, 5.41) is 1.09. The van der Waals surface area contributed by atoms with Crippen LogP contribution in [0.5, 0.6) is 11.6 Å². The maximum absolute atomic E-state index is 5.75. The quantitative estimate of drug-likeness (QED) is 0.698. The zero-order chi connectivity index (χ0) is 15.1. The Kier molecular flexibility index (Phi) is 5.81. The maximum Gasteiger partial charge on any atom is 0.213 e. The van der Waals surface area contributed by atoms with Gasteiger partial charge < -0.3 is 14.4 Å². The van der Waals surface area contributed by atoms with Crippen molar-refractivity contribution in [3.8, 4) is 11.6 Å². The van der Waals surface area contributed by atoms with Crippen LogP contribution in [0.3, 0.4) is 0 Å². The SMILES string of the molecule is CCN(CC)CCCOc1ccc2ccc(OC)cc2n1. The highest BCUT2D eigenvalue weighted by molar-refractivity contribution is 5.80. The highest BCUT2D eigenvalue weighted by Crippen LogP contribution is 2.21. The summed E-state index contributed by atoms with van der Waals surface area (Å²) in [5.41, 5.74) is 0.899. The molecule has 0 spiro atoms. The number of aromatic nitrogens is 1. The van der Waals surface area contributed by atoms with Crippen molar-refractivity contribution in [3.63, 3.8) is 0 Å². The van der Waals surface area contributed by atoms with Crippen LogP contribution in [-0.4, -0.2) is 43.2 Å². The first-order chi connectivity index (χ1) is 10.3. The number of hydrogen-bond donors (Lipinski definition) is 0. The van der Waals surface area contributed by atoms with Gasteiger partial charge in [-0.05, 0) is 37.7 Å². The average molecular weight is 288 g/mol. The van der Waals surface area contributed by atoms with Crippen molar-refractivity contribution >= 4 is 10.9 Å². The van der Waals surface area contributed by atoms with Gasteiger partial charge in [0.1, 0.15) is 5.75 Å². The number of nitrogens with zero attached hydrogens (tertiary/aromatic N) is 2. The summed E-state index contributed by atoms with van der Waals surface area (Å²) in [5.74, 6) is 1.49. The summed E-state index contributed by atoms with van der Waals surface area (Å²) in [6.45, 7) is 8.30. The van der Waals surface area contributed by atoms with Gasteiger partial charge in [0.25, 0.3) is 0 Å². The molecule has 0 aliphatic rings. The monoisotopic (exact) mass is 288 g/mol. The lowest BCUT2D eigenvalue weighted by Crippen LogP contribution is -2.25. The van der Waals surface area contributed by atoms with Crippen LogP contribution in [0.1, 0.15) is 20.3 Å². The summed E-state index contributed by atoms with van der Waals surface area (Å²) in [4.78, 5) is 6.92. The van der Waals surface area contributed by atoms with Crippen molar-refractivity contribution in [1.29, 1.82) is 0 Å². The van der Waals surface area contributed by atoms with Crippen molar-refractivity contribution in [2.45, 2.75) is 20.3 Å². The van der Waals surface area contributed by atoms with Crippen LogP contribution in [0.15, 0.2) is 30.3 Å². The Labute approximate surface area is 126 Å². The lowest BCUT2D eigenvalue weighted by molar-refractivity contribution is 0.245. The van der Waals surface area contributed by atoms with E-state index in [1.807, 2.05) is 30.3 Å². The van der Waals surface area contributed by atoms with Crippen molar-refractivity contribution in [2.75, 3.05) is 33.4 Å². The molecule has 0 aliphatic heterocycles. The Morgan fingerprint density at radius 2 is 1.86 bits per heavy atom. The normalized spacial score (nSPS) is 11.0. The third-order valence-corrected chi connectivity index (χ3v) is 3.64. The van der Waals surface area contributed by atoms with E-state index in [-0.39, 0.29) is 0 Å². The number of fused-ring (bicyclic) bond motifs is 1. The molecular formula is C17H24N2O2. The maximum atomic E-state index is 5.75. The molecule has 4 heteroatoms. The fourth-order valence-electron chi connectivity index (χ4n) is 2.29. The van der Waals surface area contributed by atoms with Crippen molar-refractivity contribution < 1.29 is 9.47 Å². The van der Waals surface area contributed by atoms with Gasteiger partial charge in [0.2, 0.25) is 5.88 Å². The van der Waals surface area contributed by atoms with Crippen LogP contribution in [0.25, 0.3) is 10.9 Å². The predicted molar refractivity (Wildman–Crippen MR) is 86.2 cm³/mol. The zero-order valence-electron chi connectivity index (χ0n) is 13.1. The molecule has 1 heterocycles. The molecule has 0 aliphatic carbocycles. The second-order valence-electron chi connectivity index (χ2n) is 4.94. The number of hydrogen-bond acceptors (Lipinski definition) is 4. The molecule has 0 N–H and O–H groups in total. The molecule has 0 saturated heterocycles. The minimum atomic E-state index is 0.676. The number of ether oxygens (including phenoxy) is 2. The van der Waals surface area contributed by atoms with Gasteiger partial charge in [-0.15, -0.1) is 0 Å². The summed E-state index contributed by atoms with van der Waals surface area (Å²) in [6.07, 6.45) is 1.01. The molecule has 21 heavy (non-hydrogen) atoms. The van der Waals surface area contributed by atoms with Gasteiger partial charge in [-0.3, -0.25) is 0 Å². The van der Waals surface area contributed by atoms with Crippen LogP contribution < -0.4 is 9.47 Å². The Bertz CT molecular complexity index is 568. The van der Waals surface area contributed by atoms with Crippen LogP contribution >= 0.6 is 0 Å². The Hall–Kier alpha value is -1.81. The molecule has 0 saturated carbocycles. The van der Waals surface area contributed by atoms with E-state index >= 15 is 0 Å². The molecule has 0 unspecified atom stereocenters. The van der Waals surface area contributed by atoms with Crippen LogP contribution in [0.4, 0.5) is 0 Å². The summed E-state index contributed by atoms with van der Waals surface area (Å²) < 4.78 is 11.0. The summed E-state index contributed by atoms with van der Waals surface area (Å²) in [6, 6.07) is 9.83. The van der Waals surface area contributed by atoms with E-state index in [2.05, 4.69) is 23.7 Å². The van der Waals surface area contributed by atoms with E-state index in [1.165, 1.54) is 0 Å². The molecule has 0 fully saturated rings. The molecule has 1 aromatic carbocycles. The van der Waals surface area contributed by atoms with Crippen LogP contribution in [0, 0.1) is 0 Å². The Morgan fingerprint density at radius 3 is 2.57 bits per heavy atom. The minimum absolute atomic E-state index is 0.676. The van der Waals surface area contributed by atoms with Crippen molar-refractivity contribution in [2.24, 2.45) is 0 Å². The van der Waals surface area contributed by atoms with Gasteiger partial charge in [0.05, 0.1) is 19.2 Å². The molecule has 4 nitrogen and oxygen atoms in total. The lowest BCUT2D eigenvalue weighted by Gasteiger charge is -2.17. The Balaban J connectivity index is 1.93. The van der Waals surface area contributed by atoms with Gasteiger partial charge >= 0.3 is 0 Å². The molecule has 1 aromatic heterocycles. The molecule has 0 amide bonds. The number of methoxy groups -OCH3 is 1. The van der Waals surface area contributed by atoms with E-state index < -0.39 is 0 Å². The zero-order valence-corrected chi connectivity index (χ0v) is 13.1. The second-order valence-corrected chi connectivity index (χ2v) is 4.94. The number of benzene rings is 1. The molecular weight excluding hydrogens is 264 g/mol. The van der Waals surface area contributed by atoms with E-state index in [0.717, 1.165) is 42.7 Å². The fourth-order valence-corrected chi connectivity index (χ4v) is 2.29. The first-order valence-electron chi connectivity index (χ1n) is 7.56. The van der Waals surface area contributed by atoms with Gasteiger partial charge in [0, 0.05) is 24.1 Å². The molecule has 0 bridgehead atoms. The molecule has 0 atom stereocenters. The highest BCUT2D eigenvalue weighted by atomic mass is 16.5. The first-order valence-corrected chi connectivity index (χ1v) is 7.56. The Morgan fingerprint density at radius 1 is 1.10 bits per heavy atom. The third kappa shape index (κ3) is 4.33. The predicted octanol–water partition coefficient (Wildman–Crippen LogP) is 3.35. The van der Waals surface area contributed by atoms with E-state index in [1.54, 1.807) is 7.11 Å². The highest BCUT2D eigenvalue weighted by Gasteiger charge is 2.02. The minimum Gasteiger partial charge on any atom is -0.497 e. The topological polar surface area (TPSA) is 34.6 Å². The van der Waals surface area contributed by atoms with Crippen molar-refractivity contribution in [3.05, 3.63) is 30.3 Å². The second kappa shape index (κ2) is 7.84. The van der Waals surface area contributed by atoms with E-state index in [9.17, 15) is 0 Å². The summed E-state index contributed by atoms with van der Waals surface area (Å²) in [7, 11) is 1.66. The van der Waals surface area contributed by atoms with Gasteiger partial charge in [-0.25, -0.2) is 4.98 Å². The smallest absolute Gasteiger partial charge is 0.213 e. The van der Waals surface area contributed by atoms with Crippen LogP contribution in [0.2, 0.25) is 0 Å². The fraction of sp³-hybridized carbons (Fsp3) is 0.471. The first kappa shape index (κ1) is 15.6. The number of pyridine rings is 1. The van der Waals surface area contributed by atoms with Gasteiger partial charge in [0.15, 0.2) is 0 Å². The molecule has 2 aromatic rings. The molecule has 0 radical (unpaired) electrons. The van der Waals surface area contributed by atoms with Crippen molar-refractivity contribution in [1.82, 2.24) is 9.88 Å². The average Bonchev–Trinajstić information content (AvgIpc) is 2.54. The van der Waals surface area contributed by atoms with E-state index in [4.69, 9.17) is 9.47 Å². The van der Waals surface area contributed by atoms with Gasteiger partial charge in [-0.2, -0.15) is 0 Å². The van der Waals surface area contributed by atoms with E-state index in [0.29, 0.717) is 12.5 Å². The van der Waals surface area contributed by atoms with Gasteiger partial charge in [-0.1, -0.05) is 13.8 Å². The molecule has 2 rings (SSSR count). The lowest BCUT2D eigenvalue weighted by atomic mass is 10.2. The largest absolute Gasteiger partial charge is 0.497 e. The molecule has 114 valence electrons. The standard InChI is InChI=1S/C17H24N2O2/c1-4-19(5-2)11-6-12-21-17-10-8-14-7-9-15(20-3)13-16(14)18-17/h7-10,13H,4-6,11-12H2,1-3H3. The van der Waals surface area contributed by atoms with Crippen LogP contribution in [-0.2, 0) is 0 Å².